The SMILES string of the molecule is COc1ccc(C(=O)NCCCN2CCCCC2)c(OC)c1. The standard InChI is InChI=1S/C17H26N2O3/c1-21-14-7-8-15(16(13-14)22-2)17(20)18-9-6-12-19-10-4-3-5-11-19/h7-8,13H,3-6,9-12H2,1-2H3,(H,18,20). The summed E-state index contributed by atoms with van der Waals surface area (Å²) in [6.45, 7) is 4.13. The Bertz CT molecular complexity index is 485. The number of piperidine rings is 1. The molecule has 1 aromatic carbocycles. The van der Waals surface area contributed by atoms with E-state index in [1.54, 1.807) is 32.4 Å². The van der Waals surface area contributed by atoms with Gasteiger partial charge in [0.25, 0.3) is 5.91 Å². The van der Waals surface area contributed by atoms with Crippen LogP contribution in [-0.2, 0) is 0 Å². The number of benzene rings is 1. The number of ether oxygens (including phenoxy) is 2. The molecule has 0 saturated carbocycles. The number of carbonyl (C=O) groups excluding carboxylic acids is 1. The maximum Gasteiger partial charge on any atom is 0.255 e. The number of hydrogen-bond acceptors (Lipinski definition) is 4. The van der Waals surface area contributed by atoms with Gasteiger partial charge in [-0.3, -0.25) is 4.79 Å². The van der Waals surface area contributed by atoms with Gasteiger partial charge in [0.05, 0.1) is 19.8 Å². The highest BCUT2D eigenvalue weighted by molar-refractivity contribution is 5.97. The molecule has 1 N–H and O–H groups in total. The van der Waals surface area contributed by atoms with Gasteiger partial charge in [-0.1, -0.05) is 6.42 Å². The highest BCUT2D eigenvalue weighted by Crippen LogP contribution is 2.24. The maximum absolute atomic E-state index is 12.2. The summed E-state index contributed by atoms with van der Waals surface area (Å²) < 4.78 is 10.4. The molecular formula is C17H26N2O3. The summed E-state index contributed by atoms with van der Waals surface area (Å²) in [6.07, 6.45) is 4.93. The van der Waals surface area contributed by atoms with Gasteiger partial charge in [-0.25, -0.2) is 0 Å². The second-order valence-corrected chi connectivity index (χ2v) is 5.58. The third-order valence-electron chi connectivity index (χ3n) is 4.04. The lowest BCUT2D eigenvalue weighted by atomic mass is 10.1. The number of nitrogens with zero attached hydrogens (tertiary/aromatic N) is 1. The van der Waals surface area contributed by atoms with Crippen LogP contribution in [0.5, 0.6) is 11.5 Å². The Kier molecular flexibility index (Phi) is 6.52. The van der Waals surface area contributed by atoms with E-state index in [2.05, 4.69) is 10.2 Å². The largest absolute Gasteiger partial charge is 0.497 e. The molecule has 1 heterocycles. The van der Waals surface area contributed by atoms with Crippen LogP contribution in [0, 0.1) is 0 Å². The third-order valence-corrected chi connectivity index (χ3v) is 4.04. The molecule has 5 heteroatoms. The smallest absolute Gasteiger partial charge is 0.255 e. The van der Waals surface area contributed by atoms with Crippen LogP contribution in [-0.4, -0.2) is 51.2 Å². The lowest BCUT2D eigenvalue weighted by molar-refractivity contribution is 0.0948. The molecule has 0 aromatic heterocycles. The summed E-state index contributed by atoms with van der Waals surface area (Å²) in [4.78, 5) is 14.7. The van der Waals surface area contributed by atoms with Crippen molar-refractivity contribution < 1.29 is 14.3 Å². The van der Waals surface area contributed by atoms with E-state index in [0.29, 0.717) is 23.6 Å². The van der Waals surface area contributed by atoms with Crippen LogP contribution in [0.25, 0.3) is 0 Å². The van der Waals surface area contributed by atoms with E-state index >= 15 is 0 Å². The summed E-state index contributed by atoms with van der Waals surface area (Å²) in [5, 5.41) is 2.96. The van der Waals surface area contributed by atoms with Crippen molar-refractivity contribution >= 4 is 5.91 Å². The monoisotopic (exact) mass is 306 g/mol. The molecule has 0 spiro atoms. The van der Waals surface area contributed by atoms with Crippen LogP contribution in [0.15, 0.2) is 18.2 Å². The summed E-state index contributed by atoms with van der Waals surface area (Å²) in [5.41, 5.74) is 0.543. The van der Waals surface area contributed by atoms with Crippen LogP contribution in [0.3, 0.4) is 0 Å². The molecule has 0 bridgehead atoms. The van der Waals surface area contributed by atoms with Gasteiger partial charge in [0.15, 0.2) is 0 Å². The Hall–Kier alpha value is -1.75. The van der Waals surface area contributed by atoms with Crippen LogP contribution in [0.2, 0.25) is 0 Å². The number of nitrogens with one attached hydrogen (secondary N) is 1. The Morgan fingerprint density at radius 3 is 2.64 bits per heavy atom. The molecular weight excluding hydrogens is 280 g/mol. The fourth-order valence-corrected chi connectivity index (χ4v) is 2.77. The number of likely N-dealkylation sites (tertiary alicyclic amines) is 1. The molecule has 1 aliphatic heterocycles. The first-order valence-corrected chi connectivity index (χ1v) is 7.97. The van der Waals surface area contributed by atoms with Crippen LogP contribution < -0.4 is 14.8 Å². The predicted molar refractivity (Wildman–Crippen MR) is 86.8 cm³/mol. The highest BCUT2D eigenvalue weighted by atomic mass is 16.5. The average Bonchev–Trinajstić information content (AvgIpc) is 2.58. The molecule has 0 unspecified atom stereocenters. The van der Waals surface area contributed by atoms with Gasteiger partial charge >= 0.3 is 0 Å². The van der Waals surface area contributed by atoms with Crippen LogP contribution in [0.4, 0.5) is 0 Å². The lowest BCUT2D eigenvalue weighted by Gasteiger charge is -2.26. The van der Waals surface area contributed by atoms with Gasteiger partial charge < -0.3 is 19.7 Å². The van der Waals surface area contributed by atoms with E-state index in [0.717, 1.165) is 13.0 Å². The molecule has 122 valence electrons. The lowest BCUT2D eigenvalue weighted by Crippen LogP contribution is -2.33. The van der Waals surface area contributed by atoms with Crippen molar-refractivity contribution in [3.05, 3.63) is 23.8 Å². The minimum Gasteiger partial charge on any atom is -0.497 e. The Labute approximate surface area is 132 Å². The molecule has 1 aromatic rings. The average molecular weight is 306 g/mol. The summed E-state index contributed by atoms with van der Waals surface area (Å²) in [6, 6.07) is 5.23. The number of hydrogen-bond donors (Lipinski definition) is 1. The number of rotatable bonds is 7. The predicted octanol–water partition coefficient (Wildman–Crippen LogP) is 2.31. The van der Waals surface area contributed by atoms with Gasteiger partial charge in [-0.05, 0) is 51.0 Å². The molecule has 2 rings (SSSR count). The van der Waals surface area contributed by atoms with Gasteiger partial charge in [0.1, 0.15) is 11.5 Å². The second kappa shape index (κ2) is 8.63. The molecule has 0 aliphatic carbocycles. The van der Waals surface area contributed by atoms with E-state index in [-0.39, 0.29) is 5.91 Å². The first kappa shape index (κ1) is 16.6. The van der Waals surface area contributed by atoms with Gasteiger partial charge in [0, 0.05) is 12.6 Å². The zero-order valence-corrected chi connectivity index (χ0v) is 13.6. The summed E-state index contributed by atoms with van der Waals surface area (Å²) in [7, 11) is 3.15. The Balaban J connectivity index is 1.79. The van der Waals surface area contributed by atoms with E-state index < -0.39 is 0 Å². The van der Waals surface area contributed by atoms with E-state index in [9.17, 15) is 4.79 Å². The molecule has 0 radical (unpaired) electrons. The van der Waals surface area contributed by atoms with Gasteiger partial charge in [0.2, 0.25) is 0 Å². The fourth-order valence-electron chi connectivity index (χ4n) is 2.77. The maximum atomic E-state index is 12.2. The van der Waals surface area contributed by atoms with Gasteiger partial charge in [-0.15, -0.1) is 0 Å². The molecule has 5 nitrogen and oxygen atoms in total. The van der Waals surface area contributed by atoms with E-state index in [4.69, 9.17) is 9.47 Å². The number of amides is 1. The highest BCUT2D eigenvalue weighted by Gasteiger charge is 2.13. The van der Waals surface area contributed by atoms with Gasteiger partial charge in [-0.2, -0.15) is 0 Å². The minimum atomic E-state index is -0.0989. The van der Waals surface area contributed by atoms with Crippen LogP contribution >= 0.6 is 0 Å². The first-order valence-electron chi connectivity index (χ1n) is 7.97. The molecule has 22 heavy (non-hydrogen) atoms. The quantitative estimate of drug-likeness (QED) is 0.786. The second-order valence-electron chi connectivity index (χ2n) is 5.58. The zero-order chi connectivity index (χ0) is 15.8. The van der Waals surface area contributed by atoms with Crippen molar-refractivity contribution in [2.45, 2.75) is 25.7 Å². The van der Waals surface area contributed by atoms with Crippen LogP contribution in [0.1, 0.15) is 36.0 Å². The molecule has 1 amide bonds. The third kappa shape index (κ3) is 4.63. The molecule has 1 saturated heterocycles. The normalized spacial score (nSPS) is 15.4. The molecule has 0 atom stereocenters. The first-order chi connectivity index (χ1) is 10.7. The Morgan fingerprint density at radius 2 is 1.95 bits per heavy atom. The van der Waals surface area contributed by atoms with Crippen molar-refractivity contribution in [1.29, 1.82) is 0 Å². The summed E-state index contributed by atoms with van der Waals surface area (Å²) >= 11 is 0. The minimum absolute atomic E-state index is 0.0989. The van der Waals surface area contributed by atoms with Crippen molar-refractivity contribution in [3.63, 3.8) is 0 Å². The van der Waals surface area contributed by atoms with Crippen molar-refractivity contribution in [1.82, 2.24) is 10.2 Å². The molecule has 1 fully saturated rings. The molecule has 1 aliphatic rings. The zero-order valence-electron chi connectivity index (χ0n) is 13.6. The van der Waals surface area contributed by atoms with Crippen molar-refractivity contribution in [2.75, 3.05) is 40.4 Å². The topological polar surface area (TPSA) is 50.8 Å². The fraction of sp³-hybridized carbons (Fsp3) is 0.588. The number of carbonyl (C=O) groups is 1. The van der Waals surface area contributed by atoms with E-state index in [1.807, 2.05) is 0 Å². The number of methoxy groups -OCH3 is 2. The van der Waals surface area contributed by atoms with E-state index in [1.165, 1.54) is 32.4 Å². The Morgan fingerprint density at radius 1 is 1.18 bits per heavy atom. The van der Waals surface area contributed by atoms with Crippen molar-refractivity contribution in [2.24, 2.45) is 0 Å². The van der Waals surface area contributed by atoms with Crippen molar-refractivity contribution in [3.8, 4) is 11.5 Å². The summed E-state index contributed by atoms with van der Waals surface area (Å²) in [5.74, 6) is 1.12.